The first kappa shape index (κ1) is 13.6. The van der Waals surface area contributed by atoms with E-state index in [4.69, 9.17) is 10.2 Å². The van der Waals surface area contributed by atoms with Crippen molar-refractivity contribution in [3.8, 4) is 5.75 Å². The van der Waals surface area contributed by atoms with Crippen molar-refractivity contribution >= 4 is 5.97 Å². The Balaban J connectivity index is 0. The van der Waals surface area contributed by atoms with Crippen LogP contribution in [0.4, 0.5) is 0 Å². The number of aromatic hydroxyl groups is 1. The van der Waals surface area contributed by atoms with E-state index in [9.17, 15) is 4.79 Å². The number of aromatic carboxylic acids is 1. The molecule has 0 bridgehead atoms. The maximum Gasteiger partial charge on any atom is 2.00 e. The molecule has 0 heterocycles. The maximum absolute atomic E-state index is 10.3. The minimum Gasteiger partial charge on any atom is -2.00 e. The smallest absolute Gasteiger partial charge is 2.00 e. The largest absolute Gasteiger partial charge is 2.00 e. The monoisotopic (exact) mass is 218 g/mol. The van der Waals surface area contributed by atoms with E-state index in [0.717, 1.165) is 0 Å². The van der Waals surface area contributed by atoms with Crippen LogP contribution < -0.4 is 0 Å². The zero-order chi connectivity index (χ0) is 7.56. The molecule has 0 radical (unpaired) electrons. The Labute approximate surface area is 81.9 Å². The number of para-hydroxylation sites is 1. The third kappa shape index (κ3) is 2.99. The Hall–Kier alpha value is -0.927. The van der Waals surface area contributed by atoms with Gasteiger partial charge in [0.15, 0.2) is 0 Å². The summed E-state index contributed by atoms with van der Waals surface area (Å²) >= 11 is 0. The molecular weight excluding hydrogens is 213 g/mol. The van der Waals surface area contributed by atoms with Crippen LogP contribution in [0.5, 0.6) is 5.75 Å². The standard InChI is InChI=1S/C7H6O3.O.Zn/c8-6-4-2-1-3-5(6)7(9)10;;/h1-4,8H,(H,9,10);;/q;-2;+2. The third-order valence-electron chi connectivity index (χ3n) is 1.13. The third-order valence-corrected chi connectivity index (χ3v) is 1.13. The van der Waals surface area contributed by atoms with E-state index in [1.54, 1.807) is 12.1 Å². The van der Waals surface area contributed by atoms with Crippen molar-refractivity contribution in [2.45, 2.75) is 0 Å². The van der Waals surface area contributed by atoms with Gasteiger partial charge in [-0.1, -0.05) is 12.1 Å². The summed E-state index contributed by atoms with van der Waals surface area (Å²) < 4.78 is 0. The molecular formula is C7H6O4Zn. The van der Waals surface area contributed by atoms with E-state index in [0.29, 0.717) is 0 Å². The molecule has 0 amide bonds. The minimum absolute atomic E-state index is 0. The molecule has 1 rings (SSSR count). The number of rotatable bonds is 1. The fourth-order valence-electron chi connectivity index (χ4n) is 0.654. The topological polar surface area (TPSA) is 86.0 Å². The Morgan fingerprint density at radius 2 is 1.75 bits per heavy atom. The molecule has 12 heavy (non-hydrogen) atoms. The zero-order valence-corrected chi connectivity index (χ0v) is 9.19. The van der Waals surface area contributed by atoms with E-state index < -0.39 is 5.97 Å². The number of hydrogen-bond acceptors (Lipinski definition) is 2. The quantitative estimate of drug-likeness (QED) is 0.690. The molecule has 0 atom stereocenters. The summed E-state index contributed by atoms with van der Waals surface area (Å²) in [4.78, 5) is 10.3. The molecule has 0 saturated carbocycles. The zero-order valence-electron chi connectivity index (χ0n) is 6.23. The molecule has 60 valence electrons. The molecule has 0 aliphatic carbocycles. The van der Waals surface area contributed by atoms with Gasteiger partial charge in [-0.2, -0.15) is 0 Å². The minimum atomic E-state index is -1.11. The number of carboxylic acids is 1. The van der Waals surface area contributed by atoms with Crippen LogP contribution in [0, 0.1) is 0 Å². The molecule has 0 saturated heterocycles. The number of hydrogen-bond donors (Lipinski definition) is 2. The van der Waals surface area contributed by atoms with Gasteiger partial charge in [0.05, 0.1) is 0 Å². The van der Waals surface area contributed by atoms with Crippen LogP contribution in [-0.4, -0.2) is 16.2 Å². The van der Waals surface area contributed by atoms with Crippen LogP contribution >= 0.6 is 0 Å². The Morgan fingerprint density at radius 1 is 1.25 bits per heavy atom. The van der Waals surface area contributed by atoms with Crippen molar-refractivity contribution in [3.05, 3.63) is 29.8 Å². The van der Waals surface area contributed by atoms with Crippen molar-refractivity contribution in [2.75, 3.05) is 0 Å². The van der Waals surface area contributed by atoms with Crippen LogP contribution in [0.2, 0.25) is 0 Å². The number of carbonyl (C=O) groups is 1. The molecule has 1 aromatic carbocycles. The first-order valence-electron chi connectivity index (χ1n) is 2.73. The molecule has 0 aliphatic heterocycles. The van der Waals surface area contributed by atoms with Gasteiger partial charge in [0.25, 0.3) is 0 Å². The van der Waals surface area contributed by atoms with Crippen LogP contribution in [0.25, 0.3) is 0 Å². The second-order valence-electron chi connectivity index (χ2n) is 1.82. The summed E-state index contributed by atoms with van der Waals surface area (Å²) in [6, 6.07) is 5.81. The van der Waals surface area contributed by atoms with Crippen LogP contribution in [0.1, 0.15) is 10.4 Å². The molecule has 5 heteroatoms. The maximum atomic E-state index is 10.3. The summed E-state index contributed by atoms with van der Waals surface area (Å²) in [6.45, 7) is 0. The molecule has 4 nitrogen and oxygen atoms in total. The summed E-state index contributed by atoms with van der Waals surface area (Å²) in [7, 11) is 0. The number of carboxylic acid groups (broad SMARTS) is 1. The van der Waals surface area contributed by atoms with Crippen molar-refractivity contribution in [2.24, 2.45) is 0 Å². The van der Waals surface area contributed by atoms with Gasteiger partial charge < -0.3 is 15.7 Å². The van der Waals surface area contributed by atoms with E-state index >= 15 is 0 Å². The Morgan fingerprint density at radius 3 is 2.08 bits per heavy atom. The summed E-state index contributed by atoms with van der Waals surface area (Å²) in [5, 5.41) is 17.3. The molecule has 2 N–H and O–H groups in total. The predicted molar refractivity (Wildman–Crippen MR) is 35.8 cm³/mol. The molecule has 0 spiro atoms. The Bertz CT molecular complexity index is 261. The van der Waals surface area contributed by atoms with E-state index in [-0.39, 0.29) is 36.3 Å². The SMILES string of the molecule is O=C(O)c1ccccc1O.[O-2].[Zn+2]. The number of benzene rings is 1. The second kappa shape index (κ2) is 5.69. The van der Waals surface area contributed by atoms with Gasteiger partial charge in [-0.3, -0.25) is 0 Å². The molecule has 0 aliphatic rings. The van der Waals surface area contributed by atoms with Gasteiger partial charge in [-0.25, -0.2) is 4.79 Å². The van der Waals surface area contributed by atoms with Gasteiger partial charge in [0.1, 0.15) is 11.3 Å². The van der Waals surface area contributed by atoms with Crippen LogP contribution in [0.3, 0.4) is 0 Å². The first-order chi connectivity index (χ1) is 4.72. The van der Waals surface area contributed by atoms with Crippen molar-refractivity contribution in [1.82, 2.24) is 0 Å². The van der Waals surface area contributed by atoms with Gasteiger partial charge in [0.2, 0.25) is 0 Å². The summed E-state index contributed by atoms with van der Waals surface area (Å²) in [5.41, 5.74) is -0.0671. The average Bonchev–Trinajstić information content (AvgIpc) is 1.88. The predicted octanol–water partition coefficient (Wildman–Crippen LogP) is 0.969. The van der Waals surface area contributed by atoms with Crippen molar-refractivity contribution in [1.29, 1.82) is 0 Å². The fourth-order valence-corrected chi connectivity index (χ4v) is 0.654. The molecule has 0 aromatic heterocycles. The number of phenols is 1. The van der Waals surface area contributed by atoms with Crippen molar-refractivity contribution in [3.63, 3.8) is 0 Å². The molecule has 1 aromatic rings. The summed E-state index contributed by atoms with van der Waals surface area (Å²) in [6.07, 6.45) is 0. The average molecular weight is 220 g/mol. The Kier molecular flexibility index (Phi) is 6.47. The summed E-state index contributed by atoms with van der Waals surface area (Å²) in [5.74, 6) is -1.31. The molecule has 0 fully saturated rings. The van der Waals surface area contributed by atoms with E-state index in [1.165, 1.54) is 12.1 Å². The first-order valence-corrected chi connectivity index (χ1v) is 2.73. The van der Waals surface area contributed by atoms with Gasteiger partial charge in [0, 0.05) is 0 Å². The van der Waals surface area contributed by atoms with E-state index in [2.05, 4.69) is 0 Å². The van der Waals surface area contributed by atoms with Crippen LogP contribution in [0.15, 0.2) is 24.3 Å². The van der Waals surface area contributed by atoms with Crippen LogP contribution in [-0.2, 0) is 25.0 Å². The van der Waals surface area contributed by atoms with Gasteiger partial charge >= 0.3 is 25.4 Å². The van der Waals surface area contributed by atoms with Gasteiger partial charge in [-0.05, 0) is 12.1 Å². The van der Waals surface area contributed by atoms with E-state index in [1.807, 2.05) is 0 Å². The van der Waals surface area contributed by atoms with Gasteiger partial charge in [-0.15, -0.1) is 0 Å². The van der Waals surface area contributed by atoms with Crippen molar-refractivity contribution < 1.29 is 40.0 Å². The fraction of sp³-hybridized carbons (Fsp3) is 0. The second-order valence-corrected chi connectivity index (χ2v) is 1.82. The molecule has 0 unspecified atom stereocenters. The normalized spacial score (nSPS) is 7.67.